The summed E-state index contributed by atoms with van der Waals surface area (Å²) in [4.78, 5) is 26.0. The molecule has 6 rings (SSSR count). The van der Waals surface area contributed by atoms with Crippen molar-refractivity contribution in [2.75, 3.05) is 44.9 Å². The summed E-state index contributed by atoms with van der Waals surface area (Å²) in [5.74, 6) is 0.913. The number of likely N-dealkylation sites (tertiary alicyclic amines) is 1. The molecule has 1 saturated carbocycles. The van der Waals surface area contributed by atoms with Crippen molar-refractivity contribution in [3.05, 3.63) is 76.7 Å². The summed E-state index contributed by atoms with van der Waals surface area (Å²) in [6.45, 7) is 2.34. The molecule has 1 saturated heterocycles. The van der Waals surface area contributed by atoms with E-state index in [9.17, 15) is 13.2 Å². The van der Waals surface area contributed by atoms with E-state index in [0.29, 0.717) is 28.6 Å². The van der Waals surface area contributed by atoms with Crippen molar-refractivity contribution in [2.24, 2.45) is 0 Å². The van der Waals surface area contributed by atoms with Gasteiger partial charge in [0.2, 0.25) is 5.95 Å². The minimum absolute atomic E-state index is 0.0558. The third kappa shape index (κ3) is 5.84. The van der Waals surface area contributed by atoms with Gasteiger partial charge in [-0.05, 0) is 80.2 Å². The molecule has 1 atom stereocenters. The van der Waals surface area contributed by atoms with Crippen molar-refractivity contribution in [3.63, 3.8) is 0 Å². The van der Waals surface area contributed by atoms with E-state index in [2.05, 4.69) is 46.5 Å². The Morgan fingerprint density at radius 3 is 2.43 bits per heavy atom. The minimum Gasteiger partial charge on any atom is -0.384 e. The van der Waals surface area contributed by atoms with E-state index in [1.54, 1.807) is 30.5 Å². The van der Waals surface area contributed by atoms with Gasteiger partial charge in [0, 0.05) is 42.5 Å². The average molecular weight is 588 g/mol. The number of ether oxygens (including phenoxy) is 1. The molecule has 1 N–H and O–H groups in total. The standard InChI is InChI=1S/C32H37N5O4S/c1-36-16-15-24(21-36)22-7-11-26(12-8-22)34-32-33-20-25-19-29(31(38)37(30(25)35-32)27-5-3-4-6-27)23-9-13-28(14-10-23)42(39,40)18-17-41-2/h7-14,19-20,24,27H,3-6,15-18,21H2,1-2H3,(H,33,34,35). The molecule has 0 bridgehead atoms. The van der Waals surface area contributed by atoms with Gasteiger partial charge < -0.3 is 15.0 Å². The van der Waals surface area contributed by atoms with E-state index >= 15 is 0 Å². The molecule has 2 aromatic heterocycles. The first-order valence-corrected chi connectivity index (χ1v) is 16.3. The van der Waals surface area contributed by atoms with Crippen LogP contribution in [0.4, 0.5) is 11.6 Å². The predicted octanol–water partition coefficient (Wildman–Crippen LogP) is 5.16. The fourth-order valence-corrected chi connectivity index (χ4v) is 7.39. The van der Waals surface area contributed by atoms with Crippen molar-refractivity contribution in [1.82, 2.24) is 19.4 Å². The summed E-state index contributed by atoms with van der Waals surface area (Å²) in [6, 6.07) is 16.9. The largest absolute Gasteiger partial charge is 0.384 e. The Morgan fingerprint density at radius 2 is 1.76 bits per heavy atom. The highest BCUT2D eigenvalue weighted by molar-refractivity contribution is 7.91. The second-order valence-corrected chi connectivity index (χ2v) is 13.6. The quantitative estimate of drug-likeness (QED) is 0.286. The number of methoxy groups -OCH3 is 1. The summed E-state index contributed by atoms with van der Waals surface area (Å²) >= 11 is 0. The number of benzene rings is 2. The Labute approximate surface area is 246 Å². The third-order valence-electron chi connectivity index (χ3n) is 8.57. The van der Waals surface area contributed by atoms with E-state index in [0.717, 1.165) is 49.8 Å². The fourth-order valence-electron chi connectivity index (χ4n) is 6.22. The zero-order chi connectivity index (χ0) is 29.3. The maximum Gasteiger partial charge on any atom is 0.260 e. The molecule has 2 fully saturated rings. The van der Waals surface area contributed by atoms with Crippen molar-refractivity contribution in [2.45, 2.75) is 49.0 Å². The van der Waals surface area contributed by atoms with E-state index < -0.39 is 9.84 Å². The zero-order valence-corrected chi connectivity index (χ0v) is 24.9. The number of aromatic nitrogens is 3. The fraction of sp³-hybridized carbons (Fsp3) is 0.406. The molecule has 0 amide bonds. The van der Waals surface area contributed by atoms with Gasteiger partial charge in [-0.3, -0.25) is 9.36 Å². The third-order valence-corrected chi connectivity index (χ3v) is 10.3. The van der Waals surface area contributed by atoms with Crippen molar-refractivity contribution >= 4 is 32.5 Å². The Balaban J connectivity index is 1.33. The van der Waals surface area contributed by atoms with Gasteiger partial charge in [-0.15, -0.1) is 0 Å². The van der Waals surface area contributed by atoms with Crippen LogP contribution in [0.3, 0.4) is 0 Å². The number of hydrogen-bond acceptors (Lipinski definition) is 8. The lowest BCUT2D eigenvalue weighted by Gasteiger charge is -2.18. The number of nitrogens with one attached hydrogen (secondary N) is 1. The minimum atomic E-state index is -3.46. The van der Waals surface area contributed by atoms with Gasteiger partial charge in [-0.2, -0.15) is 4.98 Å². The van der Waals surface area contributed by atoms with Crippen LogP contribution < -0.4 is 10.9 Å². The Morgan fingerprint density at radius 1 is 1.02 bits per heavy atom. The van der Waals surface area contributed by atoms with Gasteiger partial charge in [-0.1, -0.05) is 37.1 Å². The summed E-state index contributed by atoms with van der Waals surface area (Å²) in [7, 11) is 0.173. The molecular formula is C32H37N5O4S. The van der Waals surface area contributed by atoms with Crippen LogP contribution in [-0.4, -0.2) is 67.5 Å². The number of fused-ring (bicyclic) bond motifs is 1. The van der Waals surface area contributed by atoms with Gasteiger partial charge in [0.1, 0.15) is 5.65 Å². The molecule has 10 heteroatoms. The summed E-state index contributed by atoms with van der Waals surface area (Å²) in [6.07, 6.45) is 6.90. The lowest BCUT2D eigenvalue weighted by molar-refractivity contribution is 0.217. The van der Waals surface area contributed by atoms with Crippen LogP contribution in [0.25, 0.3) is 22.2 Å². The highest BCUT2D eigenvalue weighted by Gasteiger charge is 2.24. The predicted molar refractivity (Wildman–Crippen MR) is 165 cm³/mol. The first-order chi connectivity index (χ1) is 20.3. The number of pyridine rings is 1. The van der Waals surface area contributed by atoms with Crippen LogP contribution in [-0.2, 0) is 14.6 Å². The smallest absolute Gasteiger partial charge is 0.260 e. The topological polar surface area (TPSA) is 106 Å². The van der Waals surface area contributed by atoms with E-state index in [4.69, 9.17) is 9.72 Å². The van der Waals surface area contributed by atoms with Crippen LogP contribution in [0, 0.1) is 0 Å². The molecule has 3 heterocycles. The number of rotatable bonds is 9. The van der Waals surface area contributed by atoms with Crippen LogP contribution in [0.5, 0.6) is 0 Å². The molecule has 2 aliphatic rings. The van der Waals surface area contributed by atoms with Crippen LogP contribution >= 0.6 is 0 Å². The van der Waals surface area contributed by atoms with Crippen LogP contribution in [0.2, 0.25) is 0 Å². The molecule has 2 aromatic carbocycles. The van der Waals surface area contributed by atoms with Crippen molar-refractivity contribution in [1.29, 1.82) is 0 Å². The second-order valence-electron chi connectivity index (χ2n) is 11.5. The molecule has 1 unspecified atom stereocenters. The lowest BCUT2D eigenvalue weighted by Crippen LogP contribution is -2.26. The maximum atomic E-state index is 14.0. The molecule has 4 aromatic rings. The number of likely N-dealkylation sites (N-methyl/N-ethyl adjacent to an activating group) is 1. The van der Waals surface area contributed by atoms with E-state index in [1.807, 2.05) is 10.6 Å². The lowest BCUT2D eigenvalue weighted by atomic mass is 9.98. The van der Waals surface area contributed by atoms with Gasteiger partial charge in [-0.25, -0.2) is 13.4 Å². The SMILES string of the molecule is COCCS(=O)(=O)c1ccc(-c2cc3cnc(Nc4ccc(C5CCN(C)C5)cc4)nc3n(C3CCCC3)c2=O)cc1. The zero-order valence-electron chi connectivity index (χ0n) is 24.1. The monoisotopic (exact) mass is 587 g/mol. The van der Waals surface area contributed by atoms with Crippen molar-refractivity contribution < 1.29 is 13.2 Å². The van der Waals surface area contributed by atoms with Gasteiger partial charge in [0.25, 0.3) is 5.56 Å². The first kappa shape index (κ1) is 28.5. The molecule has 1 aliphatic heterocycles. The highest BCUT2D eigenvalue weighted by atomic mass is 32.2. The van der Waals surface area contributed by atoms with E-state index in [-0.39, 0.29) is 28.9 Å². The van der Waals surface area contributed by atoms with Gasteiger partial charge in [0.05, 0.1) is 17.3 Å². The van der Waals surface area contributed by atoms with E-state index in [1.165, 1.54) is 19.1 Å². The number of sulfone groups is 1. The Hall–Kier alpha value is -3.60. The highest BCUT2D eigenvalue weighted by Crippen LogP contribution is 2.33. The number of anilines is 2. The molecule has 0 spiro atoms. The second kappa shape index (κ2) is 11.9. The van der Waals surface area contributed by atoms with Crippen molar-refractivity contribution in [3.8, 4) is 11.1 Å². The summed E-state index contributed by atoms with van der Waals surface area (Å²) in [5, 5.41) is 4.09. The Kier molecular flexibility index (Phi) is 8.11. The van der Waals surface area contributed by atoms with Crippen LogP contribution in [0.1, 0.15) is 49.6 Å². The first-order valence-electron chi connectivity index (χ1n) is 14.6. The maximum absolute atomic E-state index is 14.0. The molecule has 220 valence electrons. The van der Waals surface area contributed by atoms with Gasteiger partial charge in [0.15, 0.2) is 9.84 Å². The van der Waals surface area contributed by atoms with Crippen LogP contribution in [0.15, 0.2) is 70.5 Å². The molecule has 9 nitrogen and oxygen atoms in total. The summed E-state index contributed by atoms with van der Waals surface area (Å²) < 4.78 is 31.9. The molecular weight excluding hydrogens is 550 g/mol. The number of nitrogens with zero attached hydrogens (tertiary/aromatic N) is 4. The summed E-state index contributed by atoms with van der Waals surface area (Å²) in [5.41, 5.74) is 3.89. The average Bonchev–Trinajstić information content (AvgIpc) is 3.69. The number of hydrogen-bond donors (Lipinski definition) is 1. The molecule has 1 aliphatic carbocycles. The molecule has 0 radical (unpaired) electrons. The molecule has 42 heavy (non-hydrogen) atoms. The Bertz CT molecular complexity index is 1730. The normalized spacial score (nSPS) is 18.2. The van der Waals surface area contributed by atoms with Gasteiger partial charge >= 0.3 is 0 Å².